The summed E-state index contributed by atoms with van der Waals surface area (Å²) in [6.45, 7) is 1.96. The van der Waals surface area contributed by atoms with Gasteiger partial charge >= 0.3 is 0 Å². The fourth-order valence-electron chi connectivity index (χ4n) is 2.09. The largest absolute Gasteiger partial charge is 0.352 e. The summed E-state index contributed by atoms with van der Waals surface area (Å²) in [6.07, 6.45) is 2.75. The summed E-state index contributed by atoms with van der Waals surface area (Å²) in [7, 11) is 0. The van der Waals surface area contributed by atoms with Gasteiger partial charge in [-0.15, -0.1) is 11.8 Å². The third kappa shape index (κ3) is 5.05. The molecule has 1 aromatic rings. The molecule has 1 fully saturated rings. The van der Waals surface area contributed by atoms with Crippen LogP contribution >= 0.6 is 23.4 Å². The number of carbonyl (C=O) groups is 1. The molecule has 1 aromatic carbocycles. The Morgan fingerprint density at radius 1 is 1.47 bits per heavy atom. The molecule has 1 atom stereocenters. The van der Waals surface area contributed by atoms with E-state index in [2.05, 4.69) is 10.6 Å². The van der Waals surface area contributed by atoms with Crippen molar-refractivity contribution in [3.8, 4) is 0 Å². The summed E-state index contributed by atoms with van der Waals surface area (Å²) in [5.41, 5.74) is 0. The quantitative estimate of drug-likeness (QED) is 0.821. The van der Waals surface area contributed by atoms with Crippen LogP contribution in [-0.2, 0) is 4.79 Å². The zero-order chi connectivity index (χ0) is 13.5. The van der Waals surface area contributed by atoms with E-state index in [1.807, 2.05) is 24.3 Å². The maximum atomic E-state index is 11.8. The van der Waals surface area contributed by atoms with E-state index in [1.54, 1.807) is 11.8 Å². The lowest BCUT2D eigenvalue weighted by Crippen LogP contribution is -2.45. The normalized spacial score (nSPS) is 19.1. The Morgan fingerprint density at radius 3 is 3.05 bits per heavy atom. The number of halogens is 1. The molecule has 1 aliphatic heterocycles. The highest BCUT2D eigenvalue weighted by Gasteiger charge is 2.14. The molecule has 0 aliphatic carbocycles. The van der Waals surface area contributed by atoms with Crippen LogP contribution in [0.3, 0.4) is 0 Å². The van der Waals surface area contributed by atoms with Gasteiger partial charge in [0.2, 0.25) is 5.91 Å². The van der Waals surface area contributed by atoms with Crippen molar-refractivity contribution < 1.29 is 4.79 Å². The van der Waals surface area contributed by atoms with Crippen LogP contribution in [0.4, 0.5) is 0 Å². The molecule has 5 heteroatoms. The van der Waals surface area contributed by atoms with Crippen LogP contribution in [0.2, 0.25) is 5.02 Å². The number of thioether (sulfide) groups is 1. The Labute approximate surface area is 123 Å². The summed E-state index contributed by atoms with van der Waals surface area (Å²) in [4.78, 5) is 12.8. The average Bonchev–Trinajstić information content (AvgIpc) is 2.42. The molecule has 1 saturated heterocycles. The summed E-state index contributed by atoms with van der Waals surface area (Å²) < 4.78 is 0. The first-order valence-corrected chi connectivity index (χ1v) is 7.99. The zero-order valence-corrected chi connectivity index (χ0v) is 12.4. The van der Waals surface area contributed by atoms with Gasteiger partial charge in [-0.25, -0.2) is 0 Å². The van der Waals surface area contributed by atoms with Gasteiger partial charge in [0.05, 0.1) is 5.02 Å². The van der Waals surface area contributed by atoms with Crippen molar-refractivity contribution in [3.63, 3.8) is 0 Å². The third-order valence-corrected chi connectivity index (χ3v) is 4.60. The van der Waals surface area contributed by atoms with Gasteiger partial charge in [-0.2, -0.15) is 0 Å². The number of rotatable bonds is 5. The minimum absolute atomic E-state index is 0.133. The molecule has 0 bridgehead atoms. The molecule has 3 nitrogen and oxygen atoms in total. The highest BCUT2D eigenvalue weighted by atomic mass is 35.5. The summed E-state index contributed by atoms with van der Waals surface area (Å²) in [5.74, 6) is 0.892. The van der Waals surface area contributed by atoms with Gasteiger partial charge in [-0.1, -0.05) is 23.7 Å². The van der Waals surface area contributed by atoms with Crippen molar-refractivity contribution in [1.82, 2.24) is 10.6 Å². The van der Waals surface area contributed by atoms with Gasteiger partial charge in [-0.3, -0.25) is 4.79 Å². The van der Waals surface area contributed by atoms with Crippen molar-refractivity contribution in [3.05, 3.63) is 29.3 Å². The summed E-state index contributed by atoms with van der Waals surface area (Å²) in [6, 6.07) is 8.02. The van der Waals surface area contributed by atoms with Crippen LogP contribution in [0.5, 0.6) is 0 Å². The van der Waals surface area contributed by atoms with Crippen molar-refractivity contribution in [2.75, 3.05) is 18.8 Å². The SMILES string of the molecule is O=C(CCSc1ccccc1Cl)N[C@H]1CCCNC1. The van der Waals surface area contributed by atoms with Crippen molar-refractivity contribution in [1.29, 1.82) is 0 Å². The van der Waals surface area contributed by atoms with E-state index in [0.29, 0.717) is 12.5 Å². The second kappa shape index (κ2) is 7.78. The zero-order valence-electron chi connectivity index (χ0n) is 10.8. The van der Waals surface area contributed by atoms with E-state index >= 15 is 0 Å². The number of amides is 1. The molecule has 1 heterocycles. The van der Waals surface area contributed by atoms with Gasteiger partial charge in [0.15, 0.2) is 0 Å². The second-order valence-electron chi connectivity index (χ2n) is 4.64. The number of benzene rings is 1. The van der Waals surface area contributed by atoms with Gasteiger partial charge in [0.25, 0.3) is 0 Å². The lowest BCUT2D eigenvalue weighted by Gasteiger charge is -2.23. The molecule has 0 aromatic heterocycles. The smallest absolute Gasteiger partial charge is 0.221 e. The van der Waals surface area contributed by atoms with E-state index in [1.165, 1.54) is 0 Å². The molecule has 2 N–H and O–H groups in total. The topological polar surface area (TPSA) is 41.1 Å². The van der Waals surface area contributed by atoms with E-state index in [9.17, 15) is 4.79 Å². The highest BCUT2D eigenvalue weighted by molar-refractivity contribution is 7.99. The van der Waals surface area contributed by atoms with Gasteiger partial charge in [-0.05, 0) is 31.5 Å². The molecule has 0 radical (unpaired) electrons. The third-order valence-electron chi connectivity index (χ3n) is 3.09. The van der Waals surface area contributed by atoms with Gasteiger partial charge < -0.3 is 10.6 Å². The Bertz CT molecular complexity index is 422. The predicted octanol–water partition coefficient (Wildman–Crippen LogP) is 2.69. The lowest BCUT2D eigenvalue weighted by molar-refractivity contribution is -0.121. The van der Waals surface area contributed by atoms with E-state index in [0.717, 1.165) is 41.6 Å². The van der Waals surface area contributed by atoms with Crippen LogP contribution in [0.1, 0.15) is 19.3 Å². The fraction of sp³-hybridized carbons (Fsp3) is 0.500. The highest BCUT2D eigenvalue weighted by Crippen LogP contribution is 2.26. The Balaban J connectivity index is 1.67. The standard InChI is InChI=1S/C14H19ClN2OS/c15-12-5-1-2-6-13(12)19-9-7-14(18)17-11-4-3-8-16-10-11/h1-2,5-6,11,16H,3-4,7-10H2,(H,17,18)/t11-/m0/s1. The first-order chi connectivity index (χ1) is 9.25. The first-order valence-electron chi connectivity index (χ1n) is 6.63. The Kier molecular flexibility index (Phi) is 6.01. The Morgan fingerprint density at radius 2 is 2.32 bits per heavy atom. The van der Waals surface area contributed by atoms with Crippen molar-refractivity contribution >= 4 is 29.3 Å². The molecule has 0 spiro atoms. The molecule has 1 aliphatic rings. The van der Waals surface area contributed by atoms with E-state index < -0.39 is 0 Å². The number of nitrogens with one attached hydrogen (secondary N) is 2. The van der Waals surface area contributed by atoms with Crippen molar-refractivity contribution in [2.45, 2.75) is 30.2 Å². The van der Waals surface area contributed by atoms with Crippen LogP contribution < -0.4 is 10.6 Å². The molecule has 2 rings (SSSR count). The maximum absolute atomic E-state index is 11.8. The minimum atomic E-state index is 0.133. The van der Waals surface area contributed by atoms with Crippen LogP contribution in [0.25, 0.3) is 0 Å². The van der Waals surface area contributed by atoms with Crippen molar-refractivity contribution in [2.24, 2.45) is 0 Å². The summed E-state index contributed by atoms with van der Waals surface area (Å²) >= 11 is 7.69. The molecular weight excluding hydrogens is 280 g/mol. The number of carbonyl (C=O) groups excluding carboxylic acids is 1. The average molecular weight is 299 g/mol. The van der Waals surface area contributed by atoms with Crippen LogP contribution in [0.15, 0.2) is 29.2 Å². The molecular formula is C14H19ClN2OS. The van der Waals surface area contributed by atoms with E-state index in [-0.39, 0.29) is 5.91 Å². The van der Waals surface area contributed by atoms with Crippen LogP contribution in [0, 0.1) is 0 Å². The molecule has 19 heavy (non-hydrogen) atoms. The molecule has 0 unspecified atom stereocenters. The van der Waals surface area contributed by atoms with Crippen LogP contribution in [-0.4, -0.2) is 30.8 Å². The van der Waals surface area contributed by atoms with Gasteiger partial charge in [0, 0.05) is 29.7 Å². The number of piperidine rings is 1. The number of hydrogen-bond acceptors (Lipinski definition) is 3. The maximum Gasteiger partial charge on any atom is 0.221 e. The lowest BCUT2D eigenvalue weighted by atomic mass is 10.1. The first kappa shape index (κ1) is 14.7. The fourth-order valence-corrected chi connectivity index (χ4v) is 3.28. The minimum Gasteiger partial charge on any atom is -0.352 e. The summed E-state index contributed by atoms with van der Waals surface area (Å²) in [5, 5.41) is 7.12. The Hall–Kier alpha value is -0.710. The molecule has 0 saturated carbocycles. The molecule has 104 valence electrons. The number of hydrogen-bond donors (Lipinski definition) is 2. The van der Waals surface area contributed by atoms with E-state index in [4.69, 9.17) is 11.6 Å². The monoisotopic (exact) mass is 298 g/mol. The second-order valence-corrected chi connectivity index (χ2v) is 6.18. The van der Waals surface area contributed by atoms with Gasteiger partial charge in [0.1, 0.15) is 0 Å². The molecule has 1 amide bonds. The predicted molar refractivity (Wildman–Crippen MR) is 80.8 cm³/mol.